The largest absolute Gasteiger partial charge is 0.388 e. The van der Waals surface area contributed by atoms with Gasteiger partial charge < -0.3 is 20.1 Å². The molecule has 2 rings (SSSR count). The number of H-pyrrole nitrogens is 1. The van der Waals surface area contributed by atoms with Crippen LogP contribution in [-0.4, -0.2) is 74.8 Å². The van der Waals surface area contributed by atoms with Crippen molar-refractivity contribution in [3.63, 3.8) is 0 Å². The minimum absolute atomic E-state index is 0.337. The molecule has 0 saturated carbocycles. The van der Waals surface area contributed by atoms with Crippen molar-refractivity contribution in [3.05, 3.63) is 32.6 Å². The second-order valence-corrected chi connectivity index (χ2v) is 11.6. The minimum atomic E-state index is -1.71. The molecule has 2 heterocycles. The number of hydrogen-bond donors (Lipinski definition) is 4. The molecule has 1 aromatic rings. The molecule has 5 atom stereocenters. The van der Waals surface area contributed by atoms with Gasteiger partial charge in [-0.3, -0.25) is 19.1 Å². The van der Waals surface area contributed by atoms with Crippen LogP contribution in [0.1, 0.15) is 31.2 Å². The Labute approximate surface area is 150 Å². The molecule has 10 heteroatoms. The third kappa shape index (κ3) is 4.42. The molecule has 0 amide bonds. The lowest BCUT2D eigenvalue weighted by Crippen LogP contribution is -2.39. The maximum atomic E-state index is 12.1. The van der Waals surface area contributed by atoms with Gasteiger partial charge in [-0.25, -0.2) is 4.79 Å². The summed E-state index contributed by atoms with van der Waals surface area (Å²) in [4.78, 5) is 37.3. The fourth-order valence-corrected chi connectivity index (χ4v) is 3.73. The molecule has 1 aromatic heterocycles. The van der Waals surface area contributed by atoms with Crippen LogP contribution in [-0.2, 0) is 9.53 Å². The summed E-state index contributed by atoms with van der Waals surface area (Å²) in [6.07, 6.45) is -0.0283. The Morgan fingerprint density at radius 2 is 2.00 bits per heavy atom. The van der Waals surface area contributed by atoms with Crippen LogP contribution in [0.25, 0.3) is 0 Å². The average molecular weight is 388 g/mol. The van der Waals surface area contributed by atoms with Crippen LogP contribution in [0.4, 0.5) is 0 Å². The number of rotatable bonds is 6. The molecule has 0 spiro atoms. The normalized spacial score (nSPS) is 27.5. The first kappa shape index (κ1) is 20.8. The van der Waals surface area contributed by atoms with Gasteiger partial charge in [-0.1, -0.05) is 0 Å². The van der Waals surface area contributed by atoms with Crippen molar-refractivity contribution in [2.24, 2.45) is 0 Å². The van der Waals surface area contributed by atoms with Crippen molar-refractivity contribution < 1.29 is 24.9 Å². The monoisotopic (exact) mass is 388 g/mol. The molecule has 1 aliphatic heterocycles. The third-order valence-corrected chi connectivity index (χ3v) is 5.77. The van der Waals surface area contributed by atoms with E-state index in [1.807, 2.05) is 18.3 Å². The lowest BCUT2D eigenvalue weighted by molar-refractivity contribution is -0.125. The van der Waals surface area contributed by atoms with Crippen molar-refractivity contribution in [3.8, 4) is 0 Å². The van der Waals surface area contributed by atoms with Crippen molar-refractivity contribution in [1.82, 2.24) is 9.55 Å². The highest BCUT2D eigenvalue weighted by molar-refractivity contribution is 7.72. The summed E-state index contributed by atoms with van der Waals surface area (Å²) in [5.74, 6) is -0.673. The van der Waals surface area contributed by atoms with Gasteiger partial charge in [-0.15, -0.1) is 13.2 Å². The number of Topliss-reactive ketones (excluding diaryl/α,β-unsaturated/α-hetero) is 1. The molecule has 0 aliphatic carbocycles. The predicted octanol–water partition coefficient (Wildman–Crippen LogP) is -1.12. The summed E-state index contributed by atoms with van der Waals surface area (Å²) >= 11 is 0. The second-order valence-electron chi connectivity index (χ2n) is 7.26. The summed E-state index contributed by atoms with van der Waals surface area (Å²) in [6.45, 7) is 3.80. The molecule has 1 fully saturated rings. The van der Waals surface area contributed by atoms with E-state index in [-0.39, 0.29) is 5.56 Å². The van der Waals surface area contributed by atoms with Crippen LogP contribution in [0, 0.1) is 0 Å². The maximum Gasteiger partial charge on any atom is 0.330 e. The second kappa shape index (κ2) is 7.62. The van der Waals surface area contributed by atoms with Gasteiger partial charge in [0.25, 0.3) is 5.56 Å². The molecule has 146 valence electrons. The molecule has 0 radical (unpaired) electrons. The van der Waals surface area contributed by atoms with E-state index in [0.29, 0.717) is 6.42 Å². The Kier molecular flexibility index (Phi) is 6.09. The van der Waals surface area contributed by atoms with E-state index in [1.54, 1.807) is 0 Å². The van der Waals surface area contributed by atoms with E-state index in [1.165, 1.54) is 0 Å². The molecule has 4 N–H and O–H groups in total. The number of carbonyl (C=O) groups excluding carboxylic acids is 1. The van der Waals surface area contributed by atoms with Gasteiger partial charge in [0, 0.05) is 6.20 Å². The molecule has 1 unspecified atom stereocenters. The first-order valence-corrected chi connectivity index (χ1v) is 11.2. The van der Waals surface area contributed by atoms with E-state index in [0.717, 1.165) is 23.8 Å². The van der Waals surface area contributed by atoms with E-state index >= 15 is 0 Å². The van der Waals surface area contributed by atoms with Crippen molar-refractivity contribution in [2.45, 2.75) is 44.0 Å². The smallest absolute Gasteiger partial charge is 0.330 e. The number of nitrogens with zero attached hydrogens (tertiary/aromatic N) is 1. The summed E-state index contributed by atoms with van der Waals surface area (Å²) in [5, 5.41) is 30.3. The minimum Gasteiger partial charge on any atom is -0.388 e. The summed E-state index contributed by atoms with van der Waals surface area (Å²) in [6, 6.07) is 0. The summed E-state index contributed by atoms with van der Waals surface area (Å²) in [7, 11) is 0. The van der Waals surface area contributed by atoms with Gasteiger partial charge in [-0.05, 0) is 32.8 Å². The summed E-state index contributed by atoms with van der Waals surface area (Å²) < 4.78 is 6.52. The molecule has 9 nitrogen and oxygen atoms in total. The summed E-state index contributed by atoms with van der Waals surface area (Å²) in [5.41, 5.74) is -2.12. The number of aromatic amines is 1. The molecule has 0 aromatic carbocycles. The predicted molar refractivity (Wildman–Crippen MR) is 98.3 cm³/mol. The molecule has 1 saturated heterocycles. The Hall–Kier alpha value is -1.51. The highest BCUT2D eigenvalue weighted by Crippen LogP contribution is 2.39. The quantitative estimate of drug-likeness (QED) is 0.452. The van der Waals surface area contributed by atoms with Gasteiger partial charge in [0.05, 0.1) is 11.7 Å². The maximum absolute atomic E-state index is 12.1. The van der Waals surface area contributed by atoms with Crippen LogP contribution in [0.15, 0.2) is 15.8 Å². The number of carbonyl (C=O) groups is 1. The van der Waals surface area contributed by atoms with E-state index in [9.17, 15) is 29.7 Å². The number of ether oxygens (including phenoxy) is 1. The van der Waals surface area contributed by atoms with Crippen LogP contribution in [0.5, 0.6) is 0 Å². The number of hydrogen-bond acceptors (Lipinski definition) is 7. The van der Waals surface area contributed by atoms with E-state index in [4.69, 9.17) is 4.74 Å². The zero-order chi connectivity index (χ0) is 19.8. The zero-order valence-corrected chi connectivity index (χ0v) is 15.8. The highest BCUT2D eigenvalue weighted by atomic mass is 31.2. The van der Waals surface area contributed by atoms with Gasteiger partial charge in [0.2, 0.25) is 0 Å². The lowest BCUT2D eigenvalue weighted by Gasteiger charge is -2.19. The zero-order valence-electron chi connectivity index (χ0n) is 15.0. The average Bonchev–Trinajstić information content (AvgIpc) is 2.80. The fourth-order valence-electron chi connectivity index (χ4n) is 2.78. The van der Waals surface area contributed by atoms with Gasteiger partial charge in [0.15, 0.2) is 12.0 Å². The van der Waals surface area contributed by atoms with Gasteiger partial charge in [-0.2, -0.15) is 0 Å². The highest BCUT2D eigenvalue weighted by Gasteiger charge is 2.44. The van der Waals surface area contributed by atoms with Gasteiger partial charge >= 0.3 is 5.69 Å². The first-order valence-electron chi connectivity index (χ1n) is 8.15. The molecule has 1 aliphatic rings. The van der Waals surface area contributed by atoms with Crippen molar-refractivity contribution >= 4 is 19.0 Å². The number of aliphatic hydroxyl groups excluding tert-OH is 3. The van der Waals surface area contributed by atoms with Crippen LogP contribution in [0.2, 0.25) is 0 Å². The topological polar surface area (TPSA) is 142 Å². The molecule has 26 heavy (non-hydrogen) atoms. The molecular weight excluding hydrogens is 363 g/mol. The van der Waals surface area contributed by atoms with E-state index < -0.39 is 54.6 Å². The van der Waals surface area contributed by atoms with Crippen LogP contribution in [0.3, 0.4) is 0 Å². The SMILES string of the molecule is C=P(C)(C)CC[C@H]1O[C@@H](n2cc(C(O)C(C)=O)c(=O)[nH]c2=O)[C@H](O)[C@@H]1O. The Balaban J connectivity index is 2.34. The van der Waals surface area contributed by atoms with Crippen LogP contribution < -0.4 is 11.2 Å². The number of ketones is 1. The lowest BCUT2D eigenvalue weighted by atomic mass is 10.1. The molecule has 0 bridgehead atoms. The Morgan fingerprint density at radius 1 is 1.38 bits per heavy atom. The number of nitrogens with one attached hydrogen (secondary N) is 1. The van der Waals surface area contributed by atoms with Crippen molar-refractivity contribution in [1.29, 1.82) is 0 Å². The number of aliphatic hydroxyl groups is 3. The van der Waals surface area contributed by atoms with Crippen LogP contribution >= 0.6 is 6.89 Å². The standard InChI is InChI=1S/C16H25N2O7P/c1-8(19)11(20)9-7-18(16(24)17-14(9)23)15-13(22)12(21)10(25-15)5-6-26(2,3)4/h7,10-13,15,20-22H,2,5-6H2,1,3-4H3,(H,17,23,24)/t10-,11?,12-,13-,15-/m1/s1. The Bertz CT molecular complexity index is 840. The van der Waals surface area contributed by atoms with Gasteiger partial charge in [0.1, 0.15) is 18.3 Å². The van der Waals surface area contributed by atoms with Crippen molar-refractivity contribution in [2.75, 3.05) is 19.5 Å². The molecular formula is C16H25N2O7P. The fraction of sp³-hybridized carbons (Fsp3) is 0.625. The Morgan fingerprint density at radius 3 is 2.54 bits per heavy atom. The first-order chi connectivity index (χ1) is 11.9. The van der Waals surface area contributed by atoms with E-state index in [2.05, 4.69) is 6.30 Å². The third-order valence-electron chi connectivity index (χ3n) is 4.31. The number of aromatic nitrogens is 2.